The second-order valence-corrected chi connectivity index (χ2v) is 6.57. The molecule has 1 heterocycles. The lowest BCUT2D eigenvalue weighted by atomic mass is 9.92. The van der Waals surface area contributed by atoms with Crippen LogP contribution in [0.2, 0.25) is 0 Å². The molecule has 5 heteroatoms. The third-order valence-corrected chi connectivity index (χ3v) is 4.65. The summed E-state index contributed by atoms with van der Waals surface area (Å²) in [6.07, 6.45) is 4.04. The molecule has 0 aliphatic carbocycles. The van der Waals surface area contributed by atoms with Crippen molar-refractivity contribution >= 4 is 11.5 Å². The summed E-state index contributed by atoms with van der Waals surface area (Å²) < 4.78 is 11.4. The topological polar surface area (TPSA) is 68.1 Å². The predicted molar refractivity (Wildman–Crippen MR) is 106 cm³/mol. The fourth-order valence-electron chi connectivity index (χ4n) is 3.15. The zero-order valence-corrected chi connectivity index (χ0v) is 15.8. The van der Waals surface area contributed by atoms with Crippen molar-refractivity contribution in [1.82, 2.24) is 0 Å². The summed E-state index contributed by atoms with van der Waals surface area (Å²) in [4.78, 5) is 17.4. The molecule has 5 nitrogen and oxygen atoms in total. The fourth-order valence-corrected chi connectivity index (χ4v) is 3.15. The van der Waals surface area contributed by atoms with E-state index in [0.717, 1.165) is 36.8 Å². The molecule has 2 aromatic carbocycles. The molecule has 1 aliphatic rings. The number of fused-ring (bicyclic) bond motifs is 1. The Labute approximate surface area is 159 Å². The van der Waals surface area contributed by atoms with Gasteiger partial charge in [-0.15, -0.1) is 0 Å². The van der Waals surface area contributed by atoms with Gasteiger partial charge >= 0.3 is 0 Å². The van der Waals surface area contributed by atoms with Crippen molar-refractivity contribution in [2.45, 2.75) is 32.6 Å². The highest BCUT2D eigenvalue weighted by molar-refractivity contribution is 6.52. The maximum atomic E-state index is 12.9. The van der Waals surface area contributed by atoms with E-state index in [1.165, 1.54) is 12.1 Å². The first-order valence-corrected chi connectivity index (χ1v) is 9.36. The number of nitrogens with zero attached hydrogens (tertiary/aromatic N) is 1. The quantitative estimate of drug-likeness (QED) is 0.561. The number of hydrogen-bond acceptors (Lipinski definition) is 5. The lowest BCUT2D eigenvalue weighted by Crippen LogP contribution is -2.22. The van der Waals surface area contributed by atoms with Crippen LogP contribution in [0.15, 0.2) is 41.4 Å². The first kappa shape index (κ1) is 19.0. The first-order valence-electron chi connectivity index (χ1n) is 9.36. The second-order valence-electron chi connectivity index (χ2n) is 6.57. The Morgan fingerprint density at radius 2 is 1.93 bits per heavy atom. The highest BCUT2D eigenvalue weighted by Crippen LogP contribution is 2.33. The molecule has 1 aliphatic heterocycles. The Morgan fingerprint density at radius 3 is 2.63 bits per heavy atom. The summed E-state index contributed by atoms with van der Waals surface area (Å²) in [5, 5.41) is 9.44. The first-order chi connectivity index (χ1) is 13.1. The van der Waals surface area contributed by atoms with Crippen LogP contribution in [0.25, 0.3) is 0 Å². The molecule has 142 valence electrons. The molecule has 0 amide bonds. The summed E-state index contributed by atoms with van der Waals surface area (Å²) in [6, 6.07) is 10.0. The van der Waals surface area contributed by atoms with Crippen molar-refractivity contribution in [1.29, 1.82) is 0 Å². The van der Waals surface area contributed by atoms with Crippen LogP contribution in [0.4, 0.5) is 0 Å². The van der Waals surface area contributed by atoms with Gasteiger partial charge in [-0.25, -0.2) is 0 Å². The SMILES string of the molecule is CCCCCOc1cc2c(cc1OC)C(C(=O)c1ccc(O)cc1)=NCC2. The fraction of sp³-hybridized carbons (Fsp3) is 0.364. The van der Waals surface area contributed by atoms with Crippen molar-refractivity contribution < 1.29 is 19.4 Å². The van der Waals surface area contributed by atoms with E-state index < -0.39 is 0 Å². The molecule has 3 rings (SSSR count). The van der Waals surface area contributed by atoms with Crippen molar-refractivity contribution in [2.24, 2.45) is 4.99 Å². The number of phenols is 1. The lowest BCUT2D eigenvalue weighted by molar-refractivity contribution is 0.106. The number of aromatic hydroxyl groups is 1. The minimum atomic E-state index is -0.158. The van der Waals surface area contributed by atoms with Crippen molar-refractivity contribution in [3.05, 3.63) is 53.1 Å². The van der Waals surface area contributed by atoms with Gasteiger partial charge in [-0.1, -0.05) is 19.8 Å². The van der Waals surface area contributed by atoms with E-state index in [4.69, 9.17) is 9.47 Å². The molecule has 0 aromatic heterocycles. The molecule has 27 heavy (non-hydrogen) atoms. The Morgan fingerprint density at radius 1 is 1.15 bits per heavy atom. The molecule has 0 unspecified atom stereocenters. The van der Waals surface area contributed by atoms with Crippen LogP contribution >= 0.6 is 0 Å². The van der Waals surface area contributed by atoms with E-state index in [0.29, 0.717) is 35.9 Å². The molecule has 1 N–H and O–H groups in total. The highest BCUT2D eigenvalue weighted by Gasteiger charge is 2.24. The largest absolute Gasteiger partial charge is 0.508 e. The van der Waals surface area contributed by atoms with Gasteiger partial charge in [-0.05, 0) is 54.8 Å². The molecular weight excluding hydrogens is 342 g/mol. The van der Waals surface area contributed by atoms with Crippen LogP contribution in [0, 0.1) is 0 Å². The average Bonchev–Trinajstić information content (AvgIpc) is 2.70. The molecule has 0 atom stereocenters. The van der Waals surface area contributed by atoms with Crippen LogP contribution in [-0.4, -0.2) is 36.9 Å². The molecule has 0 saturated heterocycles. The molecule has 0 fully saturated rings. The molecular formula is C22H25NO4. The second kappa shape index (κ2) is 8.71. The number of hydrogen-bond donors (Lipinski definition) is 1. The summed E-state index contributed by atoms with van der Waals surface area (Å²) in [6.45, 7) is 3.37. The van der Waals surface area contributed by atoms with E-state index in [-0.39, 0.29) is 11.5 Å². The minimum absolute atomic E-state index is 0.129. The molecule has 0 bridgehead atoms. The Hall–Kier alpha value is -2.82. The lowest BCUT2D eigenvalue weighted by Gasteiger charge is -2.20. The highest BCUT2D eigenvalue weighted by atomic mass is 16.5. The third kappa shape index (κ3) is 4.30. The standard InChI is InChI=1S/C22H25NO4/c1-3-4-5-12-27-20-13-16-10-11-23-21(18(16)14-19(20)26-2)22(25)15-6-8-17(24)9-7-15/h6-9,13-14,24H,3-5,10-12H2,1-2H3. The smallest absolute Gasteiger partial charge is 0.211 e. The van der Waals surface area contributed by atoms with Gasteiger partial charge < -0.3 is 14.6 Å². The number of unbranched alkanes of at least 4 members (excludes halogenated alkanes) is 2. The predicted octanol–water partition coefficient (Wildman–Crippen LogP) is 4.20. The number of phenolic OH excluding ortho intramolecular Hbond substituents is 1. The summed E-state index contributed by atoms with van der Waals surface area (Å²) >= 11 is 0. The zero-order valence-electron chi connectivity index (χ0n) is 15.8. The molecule has 0 spiro atoms. The van der Waals surface area contributed by atoms with Crippen molar-refractivity contribution in [3.63, 3.8) is 0 Å². The minimum Gasteiger partial charge on any atom is -0.508 e. The number of Topliss-reactive ketones (excluding diaryl/α,β-unsaturated/α-hetero) is 1. The van der Waals surface area contributed by atoms with Crippen molar-refractivity contribution in [3.8, 4) is 17.2 Å². The average molecular weight is 367 g/mol. The van der Waals surface area contributed by atoms with Crippen LogP contribution in [0.1, 0.15) is 47.7 Å². The van der Waals surface area contributed by atoms with Crippen LogP contribution < -0.4 is 9.47 Å². The van der Waals surface area contributed by atoms with E-state index in [9.17, 15) is 9.90 Å². The number of ketones is 1. The van der Waals surface area contributed by atoms with Gasteiger partial charge in [0.15, 0.2) is 11.5 Å². The summed E-state index contributed by atoms with van der Waals surface area (Å²) in [5.41, 5.74) is 2.76. The number of ether oxygens (including phenoxy) is 2. The summed E-state index contributed by atoms with van der Waals surface area (Å²) in [7, 11) is 1.60. The molecule has 0 saturated carbocycles. The Bertz CT molecular complexity index is 840. The number of aliphatic imine (C=N–C) groups is 1. The number of methoxy groups -OCH3 is 1. The van der Waals surface area contributed by atoms with Crippen LogP contribution in [-0.2, 0) is 6.42 Å². The number of rotatable bonds is 8. The normalized spacial score (nSPS) is 12.9. The summed E-state index contributed by atoms with van der Waals surface area (Å²) in [5.74, 6) is 1.29. The Balaban J connectivity index is 1.88. The van der Waals surface area contributed by atoms with Gasteiger partial charge in [0, 0.05) is 17.7 Å². The van der Waals surface area contributed by atoms with Gasteiger partial charge in [0.05, 0.1) is 13.7 Å². The van der Waals surface area contributed by atoms with E-state index in [1.54, 1.807) is 19.2 Å². The zero-order chi connectivity index (χ0) is 19.2. The number of carbonyl (C=O) groups excluding carboxylic acids is 1. The van der Waals surface area contributed by atoms with Gasteiger partial charge in [-0.3, -0.25) is 9.79 Å². The number of carbonyl (C=O) groups is 1. The molecule has 0 radical (unpaired) electrons. The maximum absolute atomic E-state index is 12.9. The molecule has 2 aromatic rings. The van der Waals surface area contributed by atoms with E-state index in [2.05, 4.69) is 11.9 Å². The van der Waals surface area contributed by atoms with Gasteiger partial charge in [0.25, 0.3) is 0 Å². The van der Waals surface area contributed by atoms with Crippen LogP contribution in [0.3, 0.4) is 0 Å². The monoisotopic (exact) mass is 367 g/mol. The third-order valence-electron chi connectivity index (χ3n) is 4.65. The number of benzene rings is 2. The maximum Gasteiger partial charge on any atom is 0.211 e. The van der Waals surface area contributed by atoms with E-state index >= 15 is 0 Å². The van der Waals surface area contributed by atoms with Crippen molar-refractivity contribution in [2.75, 3.05) is 20.3 Å². The Kier molecular flexibility index (Phi) is 6.12. The van der Waals surface area contributed by atoms with Crippen LogP contribution in [0.5, 0.6) is 17.2 Å². The van der Waals surface area contributed by atoms with Gasteiger partial charge in [-0.2, -0.15) is 0 Å². The van der Waals surface area contributed by atoms with Gasteiger partial charge in [0.1, 0.15) is 11.5 Å². The van der Waals surface area contributed by atoms with E-state index in [1.807, 2.05) is 12.1 Å². The van der Waals surface area contributed by atoms with Gasteiger partial charge in [0.2, 0.25) is 5.78 Å².